The number of nitro groups is 1. The third-order valence-corrected chi connectivity index (χ3v) is 3.13. The minimum Gasteiger partial charge on any atom is -0.497 e. The van der Waals surface area contributed by atoms with E-state index in [0.29, 0.717) is 6.54 Å². The molecule has 0 radical (unpaired) electrons. The second kappa shape index (κ2) is 6.36. The van der Waals surface area contributed by atoms with Gasteiger partial charge >= 0.3 is 5.69 Å². The van der Waals surface area contributed by atoms with E-state index in [1.54, 1.807) is 19.1 Å². The van der Waals surface area contributed by atoms with Crippen molar-refractivity contribution < 1.29 is 9.66 Å². The topological polar surface area (TPSA) is 81.4 Å². The molecule has 0 bridgehead atoms. The van der Waals surface area contributed by atoms with Crippen LogP contribution < -0.4 is 9.64 Å². The molecule has 2 rings (SSSR count). The van der Waals surface area contributed by atoms with E-state index in [9.17, 15) is 10.1 Å². The van der Waals surface area contributed by atoms with Gasteiger partial charge in [-0.15, -0.1) is 0 Å². The lowest BCUT2D eigenvalue weighted by molar-refractivity contribution is -0.384. The van der Waals surface area contributed by atoms with Crippen molar-refractivity contribution in [1.82, 2.24) is 9.97 Å². The average Bonchev–Trinajstić information content (AvgIpc) is 2.46. The second-order valence-electron chi connectivity index (χ2n) is 4.30. The van der Waals surface area contributed by atoms with E-state index < -0.39 is 4.92 Å². The fraction of sp³-hybridized carbons (Fsp3) is 0.231. The molecule has 0 saturated heterocycles. The van der Waals surface area contributed by atoms with Crippen LogP contribution in [0.1, 0.15) is 5.56 Å². The quantitative estimate of drug-likeness (QED) is 0.480. The number of hydrogen-bond donors (Lipinski definition) is 0. The Morgan fingerprint density at radius 1 is 1.43 bits per heavy atom. The average molecular weight is 309 g/mol. The Kier molecular flexibility index (Phi) is 4.54. The molecule has 0 fully saturated rings. The maximum Gasteiger partial charge on any atom is 0.348 e. The highest BCUT2D eigenvalue weighted by molar-refractivity contribution is 6.31. The van der Waals surface area contributed by atoms with Crippen molar-refractivity contribution in [2.24, 2.45) is 0 Å². The van der Waals surface area contributed by atoms with Crippen LogP contribution in [0.25, 0.3) is 0 Å². The maximum absolute atomic E-state index is 11.1. The van der Waals surface area contributed by atoms with Gasteiger partial charge in [0.25, 0.3) is 0 Å². The summed E-state index contributed by atoms with van der Waals surface area (Å²) in [4.78, 5) is 19.8. The van der Waals surface area contributed by atoms with E-state index in [1.165, 1.54) is 6.33 Å². The van der Waals surface area contributed by atoms with Crippen LogP contribution in [0.2, 0.25) is 5.15 Å². The normalized spacial score (nSPS) is 10.2. The number of rotatable bonds is 5. The Morgan fingerprint density at radius 3 is 2.86 bits per heavy atom. The van der Waals surface area contributed by atoms with Crippen molar-refractivity contribution in [3.05, 3.63) is 51.4 Å². The molecule has 0 saturated carbocycles. The van der Waals surface area contributed by atoms with Crippen molar-refractivity contribution in [3.63, 3.8) is 0 Å². The van der Waals surface area contributed by atoms with Crippen LogP contribution in [0, 0.1) is 10.1 Å². The smallest absolute Gasteiger partial charge is 0.348 e. The highest BCUT2D eigenvalue weighted by atomic mass is 35.5. The first-order valence-electron chi connectivity index (χ1n) is 6.02. The van der Waals surface area contributed by atoms with Crippen LogP contribution in [0.5, 0.6) is 5.75 Å². The first-order chi connectivity index (χ1) is 10.0. The lowest BCUT2D eigenvalue weighted by Crippen LogP contribution is -2.19. The minimum absolute atomic E-state index is 0.169. The Morgan fingerprint density at radius 2 is 2.19 bits per heavy atom. The van der Waals surface area contributed by atoms with Crippen LogP contribution in [-0.4, -0.2) is 29.0 Å². The Bertz CT molecular complexity index is 666. The number of aromatic nitrogens is 2. The van der Waals surface area contributed by atoms with Gasteiger partial charge in [0.2, 0.25) is 11.0 Å². The van der Waals surface area contributed by atoms with Gasteiger partial charge in [-0.1, -0.05) is 23.7 Å². The van der Waals surface area contributed by atoms with Crippen LogP contribution in [0.15, 0.2) is 30.6 Å². The summed E-state index contributed by atoms with van der Waals surface area (Å²) in [6.07, 6.45) is 1.20. The molecular formula is C13H13ClN4O3. The number of nitrogens with zero attached hydrogens (tertiary/aromatic N) is 4. The molecule has 0 aliphatic rings. The fourth-order valence-electron chi connectivity index (χ4n) is 1.90. The molecule has 0 unspecified atom stereocenters. The predicted molar refractivity (Wildman–Crippen MR) is 78.8 cm³/mol. The molecule has 1 aromatic carbocycles. The van der Waals surface area contributed by atoms with Crippen LogP contribution in [0.4, 0.5) is 11.5 Å². The van der Waals surface area contributed by atoms with Gasteiger partial charge in [0.15, 0.2) is 0 Å². The number of anilines is 1. The third-order valence-electron chi connectivity index (χ3n) is 2.86. The molecule has 0 aliphatic carbocycles. The molecule has 0 spiro atoms. The lowest BCUT2D eigenvalue weighted by Gasteiger charge is -2.18. The van der Waals surface area contributed by atoms with E-state index in [4.69, 9.17) is 16.3 Å². The van der Waals surface area contributed by atoms with Gasteiger partial charge in [0, 0.05) is 13.6 Å². The van der Waals surface area contributed by atoms with E-state index in [0.717, 1.165) is 11.3 Å². The molecule has 21 heavy (non-hydrogen) atoms. The van der Waals surface area contributed by atoms with Crippen molar-refractivity contribution in [2.45, 2.75) is 6.54 Å². The summed E-state index contributed by atoms with van der Waals surface area (Å²) in [5.41, 5.74) is 0.630. The highest BCUT2D eigenvalue weighted by Gasteiger charge is 2.24. The fourth-order valence-corrected chi connectivity index (χ4v) is 2.10. The summed E-state index contributed by atoms with van der Waals surface area (Å²) >= 11 is 5.78. The van der Waals surface area contributed by atoms with Gasteiger partial charge in [0.1, 0.15) is 12.1 Å². The first-order valence-corrected chi connectivity index (χ1v) is 6.39. The standard InChI is InChI=1S/C13H13ClN4O3/c1-17(7-9-4-3-5-10(6-9)21-2)13-11(18(19)20)12(14)15-8-16-13/h3-6,8H,7H2,1-2H3. The molecule has 1 heterocycles. The van der Waals surface area contributed by atoms with Gasteiger partial charge in [-0.3, -0.25) is 10.1 Å². The maximum atomic E-state index is 11.1. The van der Waals surface area contributed by atoms with Gasteiger partial charge in [-0.05, 0) is 17.7 Å². The summed E-state index contributed by atoms with van der Waals surface area (Å²) in [5, 5.41) is 10.9. The number of benzene rings is 1. The SMILES string of the molecule is COc1cccc(CN(C)c2ncnc(Cl)c2[N+](=O)[O-])c1. The van der Waals surface area contributed by atoms with Crippen molar-refractivity contribution in [2.75, 3.05) is 19.1 Å². The van der Waals surface area contributed by atoms with Crippen LogP contribution in [0.3, 0.4) is 0 Å². The summed E-state index contributed by atoms with van der Waals surface area (Å²) in [6, 6.07) is 7.43. The van der Waals surface area contributed by atoms with E-state index in [1.807, 2.05) is 24.3 Å². The van der Waals surface area contributed by atoms with Gasteiger partial charge in [0.05, 0.1) is 12.0 Å². The van der Waals surface area contributed by atoms with Gasteiger partial charge < -0.3 is 9.64 Å². The zero-order chi connectivity index (χ0) is 15.4. The predicted octanol–water partition coefficient (Wildman–Crippen LogP) is 2.68. The van der Waals surface area contributed by atoms with Crippen molar-refractivity contribution in [3.8, 4) is 5.75 Å². The Balaban J connectivity index is 2.30. The zero-order valence-electron chi connectivity index (χ0n) is 11.5. The van der Waals surface area contributed by atoms with Gasteiger partial charge in [-0.25, -0.2) is 9.97 Å². The number of methoxy groups -OCH3 is 1. The number of ether oxygens (including phenoxy) is 1. The third kappa shape index (κ3) is 3.38. The largest absolute Gasteiger partial charge is 0.497 e. The molecule has 8 heteroatoms. The molecule has 1 aromatic heterocycles. The molecule has 0 atom stereocenters. The van der Waals surface area contributed by atoms with E-state index in [2.05, 4.69) is 9.97 Å². The summed E-state index contributed by atoms with van der Waals surface area (Å²) in [6.45, 7) is 0.422. The van der Waals surface area contributed by atoms with Gasteiger partial charge in [-0.2, -0.15) is 0 Å². The highest BCUT2D eigenvalue weighted by Crippen LogP contribution is 2.31. The Hall–Kier alpha value is -2.41. The summed E-state index contributed by atoms with van der Waals surface area (Å²) in [7, 11) is 3.28. The summed E-state index contributed by atoms with van der Waals surface area (Å²) < 4.78 is 5.15. The molecule has 2 aromatic rings. The molecular weight excluding hydrogens is 296 g/mol. The lowest BCUT2D eigenvalue weighted by atomic mass is 10.2. The first kappa shape index (κ1) is 15.0. The zero-order valence-corrected chi connectivity index (χ0v) is 12.2. The molecule has 7 nitrogen and oxygen atoms in total. The van der Waals surface area contributed by atoms with Crippen molar-refractivity contribution in [1.29, 1.82) is 0 Å². The van der Waals surface area contributed by atoms with Crippen LogP contribution >= 0.6 is 11.6 Å². The minimum atomic E-state index is -0.584. The van der Waals surface area contributed by atoms with Crippen LogP contribution in [-0.2, 0) is 6.54 Å². The second-order valence-corrected chi connectivity index (χ2v) is 4.66. The van der Waals surface area contributed by atoms with E-state index >= 15 is 0 Å². The van der Waals surface area contributed by atoms with Crippen molar-refractivity contribution >= 4 is 23.1 Å². The molecule has 0 N–H and O–H groups in total. The van der Waals surface area contributed by atoms with E-state index in [-0.39, 0.29) is 16.7 Å². The molecule has 0 amide bonds. The number of halogens is 1. The molecule has 110 valence electrons. The monoisotopic (exact) mass is 308 g/mol. The molecule has 0 aliphatic heterocycles. The number of hydrogen-bond acceptors (Lipinski definition) is 6. The Labute approximate surface area is 126 Å². The summed E-state index contributed by atoms with van der Waals surface area (Å²) in [5.74, 6) is 0.888.